The molecule has 84 valence electrons. The van der Waals surface area contributed by atoms with Crippen molar-refractivity contribution in [2.75, 3.05) is 23.7 Å². The van der Waals surface area contributed by atoms with Gasteiger partial charge in [-0.3, -0.25) is 14.9 Å². The van der Waals surface area contributed by atoms with Gasteiger partial charge in [0.05, 0.1) is 25.0 Å². The lowest BCUT2D eigenvalue weighted by Gasteiger charge is -2.26. The van der Waals surface area contributed by atoms with Gasteiger partial charge in [-0.1, -0.05) is 0 Å². The number of carbonyl (C=O) groups is 2. The number of hydrogen-bond donors (Lipinski definition) is 2. The summed E-state index contributed by atoms with van der Waals surface area (Å²) in [6, 6.07) is 1.77. The molecule has 0 unspecified atom stereocenters. The average Bonchev–Trinajstić information content (AvgIpc) is 2.20. The molecule has 0 radical (unpaired) electrons. The first-order chi connectivity index (χ1) is 7.56. The van der Waals surface area contributed by atoms with Gasteiger partial charge in [0.1, 0.15) is 5.82 Å². The molecule has 2 rings (SSSR count). The van der Waals surface area contributed by atoms with E-state index in [4.69, 9.17) is 5.73 Å². The van der Waals surface area contributed by atoms with Crippen LogP contribution in [0, 0.1) is 6.92 Å². The predicted molar refractivity (Wildman–Crippen MR) is 58.7 cm³/mol. The van der Waals surface area contributed by atoms with Crippen molar-refractivity contribution in [2.45, 2.75) is 6.92 Å². The van der Waals surface area contributed by atoms with Crippen LogP contribution in [0.4, 0.5) is 11.5 Å². The summed E-state index contributed by atoms with van der Waals surface area (Å²) in [5.41, 5.74) is 7.12. The van der Waals surface area contributed by atoms with Crippen molar-refractivity contribution in [1.29, 1.82) is 0 Å². The predicted octanol–water partition coefficient (Wildman–Crippen LogP) is -0.565. The van der Waals surface area contributed by atoms with E-state index >= 15 is 0 Å². The number of hydrogen-bond acceptors (Lipinski definition) is 5. The first-order valence-corrected chi connectivity index (χ1v) is 4.86. The molecule has 0 bridgehead atoms. The molecular formula is C10H12N4O2. The number of carbonyl (C=O) groups excluding carboxylic acids is 2. The molecule has 2 amide bonds. The van der Waals surface area contributed by atoms with Crippen LogP contribution in [-0.4, -0.2) is 29.9 Å². The maximum atomic E-state index is 11.2. The van der Waals surface area contributed by atoms with Crippen molar-refractivity contribution in [3.8, 4) is 0 Å². The molecule has 6 nitrogen and oxygen atoms in total. The Labute approximate surface area is 92.4 Å². The number of rotatable bonds is 1. The number of anilines is 2. The van der Waals surface area contributed by atoms with Crippen LogP contribution in [0.15, 0.2) is 12.3 Å². The highest BCUT2D eigenvalue weighted by atomic mass is 16.2. The third-order valence-corrected chi connectivity index (χ3v) is 2.41. The van der Waals surface area contributed by atoms with Crippen LogP contribution in [0.2, 0.25) is 0 Å². The largest absolute Gasteiger partial charge is 0.397 e. The van der Waals surface area contributed by atoms with Crippen LogP contribution in [0.1, 0.15) is 5.56 Å². The van der Waals surface area contributed by atoms with E-state index in [2.05, 4.69) is 10.3 Å². The van der Waals surface area contributed by atoms with Gasteiger partial charge < -0.3 is 10.6 Å². The lowest BCUT2D eigenvalue weighted by Crippen LogP contribution is -2.51. The fourth-order valence-corrected chi connectivity index (χ4v) is 1.52. The van der Waals surface area contributed by atoms with Crippen molar-refractivity contribution in [3.63, 3.8) is 0 Å². The van der Waals surface area contributed by atoms with E-state index in [1.54, 1.807) is 11.0 Å². The molecule has 2 heterocycles. The summed E-state index contributed by atoms with van der Waals surface area (Å²) in [7, 11) is 0. The average molecular weight is 220 g/mol. The molecule has 16 heavy (non-hydrogen) atoms. The van der Waals surface area contributed by atoms with Crippen LogP contribution in [-0.2, 0) is 9.59 Å². The van der Waals surface area contributed by atoms with Crippen LogP contribution in [0.3, 0.4) is 0 Å². The third-order valence-electron chi connectivity index (χ3n) is 2.41. The van der Waals surface area contributed by atoms with Gasteiger partial charge in [-0.25, -0.2) is 4.98 Å². The number of aromatic nitrogens is 1. The Morgan fingerprint density at radius 3 is 2.56 bits per heavy atom. The zero-order valence-electron chi connectivity index (χ0n) is 8.86. The highest BCUT2D eigenvalue weighted by Gasteiger charge is 2.23. The zero-order chi connectivity index (χ0) is 11.7. The van der Waals surface area contributed by atoms with Gasteiger partial charge in [-0.2, -0.15) is 0 Å². The fourth-order valence-electron chi connectivity index (χ4n) is 1.52. The minimum Gasteiger partial charge on any atom is -0.397 e. The van der Waals surface area contributed by atoms with E-state index in [9.17, 15) is 9.59 Å². The fraction of sp³-hybridized carbons (Fsp3) is 0.300. The number of amides is 2. The Hall–Kier alpha value is -2.11. The van der Waals surface area contributed by atoms with Crippen molar-refractivity contribution < 1.29 is 9.59 Å². The molecule has 0 saturated carbocycles. The molecule has 1 aromatic heterocycles. The quantitative estimate of drug-likeness (QED) is 0.619. The van der Waals surface area contributed by atoms with E-state index in [0.29, 0.717) is 11.5 Å². The standard InChI is InChI=1S/C10H12N4O2/c1-6-2-8(12-3-7(6)11)14-4-9(15)13-10(16)5-14/h2-3H,4-5,11H2,1H3,(H,13,15,16). The summed E-state index contributed by atoms with van der Waals surface area (Å²) in [6.07, 6.45) is 1.53. The van der Waals surface area contributed by atoms with Crippen molar-refractivity contribution >= 4 is 23.3 Å². The highest BCUT2D eigenvalue weighted by molar-refractivity contribution is 6.02. The molecule has 1 saturated heterocycles. The molecule has 0 aromatic carbocycles. The number of nitrogens with two attached hydrogens (primary N) is 1. The number of imide groups is 1. The molecule has 1 aliphatic heterocycles. The second-order valence-electron chi connectivity index (χ2n) is 3.73. The smallest absolute Gasteiger partial charge is 0.246 e. The van der Waals surface area contributed by atoms with Crippen LogP contribution in [0.5, 0.6) is 0 Å². The van der Waals surface area contributed by atoms with Crippen LogP contribution >= 0.6 is 0 Å². The Morgan fingerprint density at radius 2 is 2.00 bits per heavy atom. The number of nitrogen functional groups attached to an aromatic ring is 1. The minimum absolute atomic E-state index is 0.141. The Balaban J connectivity index is 2.26. The van der Waals surface area contributed by atoms with E-state index < -0.39 is 0 Å². The summed E-state index contributed by atoms with van der Waals surface area (Å²) >= 11 is 0. The maximum Gasteiger partial charge on any atom is 0.246 e. The van der Waals surface area contributed by atoms with Gasteiger partial charge in [0.2, 0.25) is 11.8 Å². The molecule has 1 fully saturated rings. The molecule has 0 spiro atoms. The lowest BCUT2D eigenvalue weighted by atomic mass is 10.2. The lowest BCUT2D eigenvalue weighted by molar-refractivity contribution is -0.130. The molecule has 0 atom stereocenters. The SMILES string of the molecule is Cc1cc(N2CC(=O)NC(=O)C2)ncc1N. The maximum absolute atomic E-state index is 11.2. The van der Waals surface area contributed by atoms with Gasteiger partial charge in [0.15, 0.2) is 0 Å². The van der Waals surface area contributed by atoms with E-state index in [0.717, 1.165) is 5.56 Å². The van der Waals surface area contributed by atoms with E-state index in [1.807, 2.05) is 6.92 Å². The Kier molecular flexibility index (Phi) is 2.47. The van der Waals surface area contributed by atoms with Crippen LogP contribution in [0.25, 0.3) is 0 Å². The zero-order valence-corrected chi connectivity index (χ0v) is 8.86. The third kappa shape index (κ3) is 1.95. The molecule has 1 aromatic rings. The second kappa shape index (κ2) is 3.80. The van der Waals surface area contributed by atoms with Crippen molar-refractivity contribution in [3.05, 3.63) is 17.8 Å². The monoisotopic (exact) mass is 220 g/mol. The highest BCUT2D eigenvalue weighted by Crippen LogP contribution is 2.17. The van der Waals surface area contributed by atoms with Crippen molar-refractivity contribution in [2.24, 2.45) is 0 Å². The van der Waals surface area contributed by atoms with Crippen LogP contribution < -0.4 is 16.0 Å². The topological polar surface area (TPSA) is 88.3 Å². The second-order valence-corrected chi connectivity index (χ2v) is 3.73. The normalized spacial score (nSPS) is 16.2. The summed E-state index contributed by atoms with van der Waals surface area (Å²) in [5, 5.41) is 2.23. The van der Waals surface area contributed by atoms with Crippen molar-refractivity contribution in [1.82, 2.24) is 10.3 Å². The summed E-state index contributed by atoms with van der Waals surface area (Å²) in [6.45, 7) is 2.14. The number of piperazine rings is 1. The number of aryl methyl sites for hydroxylation is 1. The van der Waals surface area contributed by atoms with Gasteiger partial charge >= 0.3 is 0 Å². The number of nitrogens with one attached hydrogen (secondary N) is 1. The first kappa shape index (κ1) is 10.4. The summed E-state index contributed by atoms with van der Waals surface area (Å²) in [5.74, 6) is -0.0324. The van der Waals surface area contributed by atoms with Gasteiger partial charge in [0.25, 0.3) is 0 Å². The minimum atomic E-state index is -0.312. The summed E-state index contributed by atoms with van der Waals surface area (Å²) in [4.78, 5) is 28.1. The van der Waals surface area contributed by atoms with E-state index in [-0.39, 0.29) is 24.9 Å². The Bertz CT molecular complexity index is 442. The molecule has 3 N–H and O–H groups in total. The van der Waals surface area contributed by atoms with E-state index in [1.165, 1.54) is 6.20 Å². The van der Waals surface area contributed by atoms with Gasteiger partial charge in [-0.15, -0.1) is 0 Å². The first-order valence-electron chi connectivity index (χ1n) is 4.86. The summed E-state index contributed by atoms with van der Waals surface area (Å²) < 4.78 is 0. The molecule has 0 aliphatic carbocycles. The van der Waals surface area contributed by atoms with Gasteiger partial charge in [0, 0.05) is 0 Å². The molecule has 1 aliphatic rings. The Morgan fingerprint density at radius 1 is 1.38 bits per heavy atom. The number of pyridine rings is 1. The van der Waals surface area contributed by atoms with Gasteiger partial charge in [-0.05, 0) is 18.6 Å². The number of nitrogens with zero attached hydrogens (tertiary/aromatic N) is 2. The molecular weight excluding hydrogens is 208 g/mol. The molecule has 6 heteroatoms.